The molecule has 0 N–H and O–H groups in total. The van der Waals surface area contributed by atoms with Crippen molar-refractivity contribution in [2.24, 2.45) is 5.92 Å². The first kappa shape index (κ1) is 17.8. The molecule has 0 bridgehead atoms. The molecule has 0 radical (unpaired) electrons. The molecule has 1 aromatic heterocycles. The average molecular weight is 344 g/mol. The Labute approximate surface area is 149 Å². The minimum absolute atomic E-state index is 0.426. The van der Waals surface area contributed by atoms with Crippen LogP contribution in [0, 0.1) is 5.92 Å². The summed E-state index contributed by atoms with van der Waals surface area (Å²) in [7, 11) is 3.25. The molecule has 2 aromatic rings. The van der Waals surface area contributed by atoms with Gasteiger partial charge in [0.05, 0.1) is 14.2 Å². The first-order valence-corrected chi connectivity index (χ1v) is 9.31. The summed E-state index contributed by atoms with van der Waals surface area (Å²) in [6, 6.07) is 5.65. The van der Waals surface area contributed by atoms with E-state index in [-0.39, 0.29) is 0 Å². The van der Waals surface area contributed by atoms with Gasteiger partial charge in [-0.05, 0) is 49.8 Å². The first-order chi connectivity index (χ1) is 12.2. The minimum atomic E-state index is 0.426. The molecule has 136 valence electrons. The van der Waals surface area contributed by atoms with E-state index in [2.05, 4.69) is 17.1 Å². The Bertz CT molecular complexity index is 675. The van der Waals surface area contributed by atoms with Crippen LogP contribution in [0.2, 0.25) is 0 Å². The van der Waals surface area contributed by atoms with Gasteiger partial charge < -0.3 is 14.0 Å². The zero-order valence-electron chi connectivity index (χ0n) is 15.5. The van der Waals surface area contributed by atoms with Crippen molar-refractivity contribution < 1.29 is 14.0 Å². The fourth-order valence-corrected chi connectivity index (χ4v) is 3.69. The van der Waals surface area contributed by atoms with Crippen molar-refractivity contribution in [3.05, 3.63) is 24.0 Å². The molecule has 5 heteroatoms. The Morgan fingerprint density at radius 2 is 1.84 bits per heavy atom. The van der Waals surface area contributed by atoms with E-state index >= 15 is 0 Å². The number of aromatic nitrogens is 2. The molecule has 0 saturated heterocycles. The summed E-state index contributed by atoms with van der Waals surface area (Å²) in [6.07, 6.45) is 8.90. The highest BCUT2D eigenvalue weighted by Gasteiger charge is 2.26. The van der Waals surface area contributed by atoms with E-state index in [4.69, 9.17) is 14.0 Å². The second-order valence-electron chi connectivity index (χ2n) is 6.89. The summed E-state index contributed by atoms with van der Waals surface area (Å²) in [5.74, 6) is 4.05. The van der Waals surface area contributed by atoms with Gasteiger partial charge in [-0.3, -0.25) is 0 Å². The van der Waals surface area contributed by atoms with E-state index in [9.17, 15) is 0 Å². The zero-order valence-corrected chi connectivity index (χ0v) is 15.5. The molecule has 0 aliphatic heterocycles. The van der Waals surface area contributed by atoms with Crippen LogP contribution >= 0.6 is 0 Å². The fourth-order valence-electron chi connectivity index (χ4n) is 3.69. The molecule has 1 saturated carbocycles. The SMILES string of the molecule is CCCCC1CCC(c2noc(-c3ccc(OC)c(OC)c3)n2)CC1. The largest absolute Gasteiger partial charge is 0.493 e. The minimum Gasteiger partial charge on any atom is -0.493 e. The Morgan fingerprint density at radius 1 is 1.08 bits per heavy atom. The summed E-state index contributed by atoms with van der Waals surface area (Å²) < 4.78 is 16.1. The summed E-state index contributed by atoms with van der Waals surface area (Å²) >= 11 is 0. The van der Waals surface area contributed by atoms with E-state index in [1.165, 1.54) is 44.9 Å². The van der Waals surface area contributed by atoms with Crippen molar-refractivity contribution in [2.45, 2.75) is 57.8 Å². The summed E-state index contributed by atoms with van der Waals surface area (Å²) in [5.41, 5.74) is 0.855. The van der Waals surface area contributed by atoms with E-state index < -0.39 is 0 Å². The lowest BCUT2D eigenvalue weighted by atomic mass is 9.79. The maximum Gasteiger partial charge on any atom is 0.258 e. The van der Waals surface area contributed by atoms with Crippen LogP contribution in [0.4, 0.5) is 0 Å². The average Bonchev–Trinajstić information content (AvgIpc) is 3.16. The highest BCUT2D eigenvalue weighted by atomic mass is 16.5. The molecular weight excluding hydrogens is 316 g/mol. The van der Waals surface area contributed by atoms with Gasteiger partial charge >= 0.3 is 0 Å². The van der Waals surface area contributed by atoms with Crippen LogP contribution in [0.25, 0.3) is 11.5 Å². The molecule has 0 unspecified atom stereocenters. The Kier molecular flexibility index (Phi) is 5.95. The molecule has 1 aliphatic carbocycles. The fraction of sp³-hybridized carbons (Fsp3) is 0.600. The second kappa shape index (κ2) is 8.37. The lowest BCUT2D eigenvalue weighted by Crippen LogP contribution is -2.14. The van der Waals surface area contributed by atoms with E-state index in [0.29, 0.717) is 23.3 Å². The molecule has 1 aliphatic rings. The van der Waals surface area contributed by atoms with Crippen LogP contribution in [0.15, 0.2) is 22.7 Å². The van der Waals surface area contributed by atoms with Crippen molar-refractivity contribution in [1.82, 2.24) is 10.1 Å². The molecule has 1 aromatic carbocycles. The Morgan fingerprint density at radius 3 is 2.52 bits per heavy atom. The van der Waals surface area contributed by atoms with E-state index in [1.54, 1.807) is 14.2 Å². The summed E-state index contributed by atoms with van der Waals surface area (Å²) in [5, 5.41) is 4.24. The van der Waals surface area contributed by atoms with Crippen molar-refractivity contribution in [2.75, 3.05) is 14.2 Å². The van der Waals surface area contributed by atoms with Gasteiger partial charge in [0.1, 0.15) is 0 Å². The zero-order chi connectivity index (χ0) is 17.6. The van der Waals surface area contributed by atoms with Crippen LogP contribution < -0.4 is 9.47 Å². The topological polar surface area (TPSA) is 57.4 Å². The van der Waals surface area contributed by atoms with Gasteiger partial charge in [0.25, 0.3) is 5.89 Å². The number of hydrogen-bond acceptors (Lipinski definition) is 5. The highest BCUT2D eigenvalue weighted by Crippen LogP contribution is 2.38. The molecule has 1 fully saturated rings. The third kappa shape index (κ3) is 4.14. The van der Waals surface area contributed by atoms with Crippen LogP contribution in [-0.4, -0.2) is 24.4 Å². The van der Waals surface area contributed by atoms with Gasteiger partial charge in [-0.2, -0.15) is 4.98 Å². The van der Waals surface area contributed by atoms with Crippen LogP contribution in [0.1, 0.15) is 63.6 Å². The summed E-state index contributed by atoms with van der Waals surface area (Å²) in [4.78, 5) is 4.65. The quantitative estimate of drug-likeness (QED) is 0.689. The molecule has 5 nitrogen and oxygen atoms in total. The van der Waals surface area contributed by atoms with Gasteiger partial charge in [0, 0.05) is 11.5 Å². The van der Waals surface area contributed by atoms with Crippen LogP contribution in [0.5, 0.6) is 11.5 Å². The maximum absolute atomic E-state index is 5.51. The number of nitrogens with zero attached hydrogens (tertiary/aromatic N) is 2. The molecule has 0 atom stereocenters. The van der Waals surface area contributed by atoms with Crippen molar-refractivity contribution in [1.29, 1.82) is 0 Å². The monoisotopic (exact) mass is 344 g/mol. The van der Waals surface area contributed by atoms with Gasteiger partial charge in [0.15, 0.2) is 17.3 Å². The number of unbranched alkanes of at least 4 members (excludes halogenated alkanes) is 1. The van der Waals surface area contributed by atoms with Crippen molar-refractivity contribution in [3.8, 4) is 23.0 Å². The van der Waals surface area contributed by atoms with E-state index in [1.807, 2.05) is 18.2 Å². The predicted molar refractivity (Wildman–Crippen MR) is 97.1 cm³/mol. The molecule has 25 heavy (non-hydrogen) atoms. The third-order valence-corrected chi connectivity index (χ3v) is 5.25. The Balaban J connectivity index is 1.67. The number of methoxy groups -OCH3 is 2. The van der Waals surface area contributed by atoms with Crippen molar-refractivity contribution >= 4 is 0 Å². The predicted octanol–water partition coefficient (Wildman–Crippen LogP) is 5.22. The standard InChI is InChI=1S/C20H28N2O3/c1-4-5-6-14-7-9-15(10-8-14)19-21-20(25-22-19)16-11-12-17(23-2)18(13-16)24-3/h11-15H,4-10H2,1-3H3. The first-order valence-electron chi connectivity index (χ1n) is 9.31. The van der Waals surface area contributed by atoms with Crippen molar-refractivity contribution in [3.63, 3.8) is 0 Å². The molecule has 0 amide bonds. The second-order valence-corrected chi connectivity index (χ2v) is 6.89. The normalized spacial score (nSPS) is 20.4. The number of ether oxygens (including phenoxy) is 2. The summed E-state index contributed by atoms with van der Waals surface area (Å²) in [6.45, 7) is 2.26. The van der Waals surface area contributed by atoms with Crippen LogP contribution in [0.3, 0.4) is 0 Å². The smallest absolute Gasteiger partial charge is 0.258 e. The molecule has 3 rings (SSSR count). The number of rotatable bonds is 7. The van der Waals surface area contributed by atoms with Gasteiger partial charge in [-0.15, -0.1) is 0 Å². The maximum atomic E-state index is 5.51. The lowest BCUT2D eigenvalue weighted by molar-refractivity contribution is 0.293. The number of hydrogen-bond donors (Lipinski definition) is 0. The lowest BCUT2D eigenvalue weighted by Gasteiger charge is -2.26. The molecule has 1 heterocycles. The Hall–Kier alpha value is -2.04. The molecular formula is C20H28N2O3. The van der Waals surface area contributed by atoms with Crippen LogP contribution in [-0.2, 0) is 0 Å². The van der Waals surface area contributed by atoms with Gasteiger partial charge in [-0.25, -0.2) is 0 Å². The van der Waals surface area contributed by atoms with Gasteiger partial charge in [0.2, 0.25) is 0 Å². The third-order valence-electron chi connectivity index (χ3n) is 5.25. The van der Waals surface area contributed by atoms with Gasteiger partial charge in [-0.1, -0.05) is 31.3 Å². The number of benzene rings is 1. The van der Waals surface area contributed by atoms with E-state index in [0.717, 1.165) is 17.3 Å². The highest BCUT2D eigenvalue weighted by molar-refractivity contribution is 5.59. The molecule has 0 spiro atoms.